The summed E-state index contributed by atoms with van der Waals surface area (Å²) < 4.78 is 7.38. The highest BCUT2D eigenvalue weighted by molar-refractivity contribution is 7.99. The van der Waals surface area contributed by atoms with Crippen molar-refractivity contribution in [3.8, 4) is 63.0 Å². The maximum absolute atomic E-state index is 11.3. The summed E-state index contributed by atoms with van der Waals surface area (Å²) in [5.74, 6) is 1.99. The molecule has 1 N–H and O–H groups in total. The number of phenolic OH excluding ortho intramolecular Hbond substituents is 1. The lowest BCUT2D eigenvalue weighted by Gasteiger charge is -2.26. The van der Waals surface area contributed by atoms with E-state index in [9.17, 15) is 10.4 Å². The highest BCUT2D eigenvalue weighted by Gasteiger charge is 2.29. The molecule has 0 aliphatic rings. The van der Waals surface area contributed by atoms with E-state index < -0.39 is 0 Å². The fraction of sp³-hybridized carbons (Fsp3) is 0. The van der Waals surface area contributed by atoms with Crippen molar-refractivity contribution in [3.63, 3.8) is 0 Å². The van der Waals surface area contributed by atoms with Crippen LogP contribution in [0.2, 0.25) is 0 Å². The van der Waals surface area contributed by atoms with Gasteiger partial charge in [-0.25, -0.2) is 15.0 Å². The predicted octanol–water partition coefficient (Wildman–Crippen LogP) is 19.4. The van der Waals surface area contributed by atoms with E-state index in [1.165, 1.54) is 0 Å². The van der Waals surface area contributed by atoms with E-state index in [0.717, 1.165) is 120 Å². The molecule has 12 aromatic carbocycles. The number of benzene rings is 12. The molecule has 0 saturated heterocycles. The molecule has 4 heterocycles. The number of para-hydroxylation sites is 6. The average molecular weight is 1120 g/mol. The summed E-state index contributed by atoms with van der Waals surface area (Å²) >= 11 is 1.68. The summed E-state index contributed by atoms with van der Waals surface area (Å²) in [6.07, 6.45) is 0. The molecule has 0 radical (unpaired) electrons. The minimum absolute atomic E-state index is 0.190. The van der Waals surface area contributed by atoms with E-state index in [2.05, 4.69) is 182 Å². The van der Waals surface area contributed by atoms with Gasteiger partial charge in [0.2, 0.25) is 0 Å². The zero-order chi connectivity index (χ0) is 57.2. The second kappa shape index (κ2) is 20.7. The van der Waals surface area contributed by atoms with Gasteiger partial charge in [-0.05, 0) is 140 Å². The Balaban J connectivity index is 0.967. The summed E-state index contributed by atoms with van der Waals surface area (Å²) in [5, 5.41) is 27.6. The minimum atomic E-state index is 0.190. The molecule has 10 heteroatoms. The molecule has 0 unspecified atom stereocenters. The second-order valence-electron chi connectivity index (χ2n) is 21.2. The number of aromatic hydroxyl groups is 1. The lowest BCUT2D eigenvalue weighted by atomic mass is 10.0. The van der Waals surface area contributed by atoms with E-state index in [-0.39, 0.29) is 5.75 Å². The first-order valence-electron chi connectivity index (χ1n) is 28.5. The SMILES string of the molecule is N#Cc1ccc(Sc2ccc(-n3c4ccccc4c4c3c3c5ccccc5n(-c5ccc(-c6nc(-c7ccccc7)nc(-c7ccccc7)n6)cc5)c3c3c5ccccc5n(-c5ccc(N(c6ccccc6)c6ccccc6O)cc5)c43)cc2)cc1. The summed E-state index contributed by atoms with van der Waals surface area (Å²) in [6, 6.07) is 101. The molecule has 4 aromatic heterocycles. The zero-order valence-corrected chi connectivity index (χ0v) is 46.9. The summed E-state index contributed by atoms with van der Waals surface area (Å²) in [4.78, 5) is 19.5. The van der Waals surface area contributed by atoms with Gasteiger partial charge in [-0.1, -0.05) is 157 Å². The van der Waals surface area contributed by atoms with Crippen LogP contribution in [0.4, 0.5) is 17.1 Å². The normalized spacial score (nSPS) is 11.6. The van der Waals surface area contributed by atoms with Gasteiger partial charge in [-0.15, -0.1) is 0 Å². The van der Waals surface area contributed by atoms with Crippen LogP contribution in [0.3, 0.4) is 0 Å². The van der Waals surface area contributed by atoms with Crippen LogP contribution in [-0.2, 0) is 0 Å². The third-order valence-electron chi connectivity index (χ3n) is 16.2. The van der Waals surface area contributed by atoms with Crippen molar-refractivity contribution < 1.29 is 5.11 Å². The quantitative estimate of drug-likeness (QED) is 0.138. The number of fused-ring (bicyclic) bond motifs is 12. The predicted molar refractivity (Wildman–Crippen MR) is 351 cm³/mol. The van der Waals surface area contributed by atoms with Crippen LogP contribution in [-0.4, -0.2) is 33.8 Å². The Labute approximate surface area is 498 Å². The van der Waals surface area contributed by atoms with Crippen LogP contribution in [0, 0.1) is 11.3 Å². The van der Waals surface area contributed by atoms with Gasteiger partial charge >= 0.3 is 0 Å². The average Bonchev–Trinajstić information content (AvgIpc) is 1.64. The van der Waals surface area contributed by atoms with Crippen LogP contribution >= 0.6 is 11.8 Å². The van der Waals surface area contributed by atoms with E-state index in [4.69, 9.17) is 15.0 Å². The van der Waals surface area contributed by atoms with Gasteiger partial charge in [-0.2, -0.15) is 5.26 Å². The highest BCUT2D eigenvalue weighted by atomic mass is 32.2. The topological polar surface area (TPSA) is 101 Å². The van der Waals surface area contributed by atoms with E-state index in [1.807, 2.05) is 121 Å². The molecule has 16 rings (SSSR count). The number of phenols is 1. The molecule has 0 aliphatic carbocycles. The van der Waals surface area contributed by atoms with E-state index in [1.54, 1.807) is 17.8 Å². The van der Waals surface area contributed by atoms with Gasteiger partial charge in [0.05, 0.1) is 50.4 Å². The standard InChI is InChI=1S/C76H48N8OS/c77-48-49-32-44-58(45-33-49)86-59-46-42-57(43-47-59)84-65-29-15-12-26-62(65)70-72-68(61-25-11-14-28-64(61)83(72)56-40-38-54(39-41-56)81(53-22-8-3-9-23-53)66-30-16-17-31-67(66)85)71-69(73(70)84)60-24-10-13-27-63(60)82(71)55-36-34-52(35-37-55)76-79-74(50-18-4-1-5-19-50)78-75(80-76)51-20-6-2-7-21-51/h1-47,85H. The molecule has 0 bridgehead atoms. The van der Waals surface area contributed by atoms with Crippen LogP contribution in [0.1, 0.15) is 5.56 Å². The number of hydrogen-bond acceptors (Lipinski definition) is 7. The van der Waals surface area contributed by atoms with Gasteiger partial charge in [0, 0.05) is 87.2 Å². The second-order valence-corrected chi connectivity index (χ2v) is 22.4. The lowest BCUT2D eigenvalue weighted by molar-refractivity contribution is 0.476. The maximum atomic E-state index is 11.3. The molecule has 404 valence electrons. The molecule has 0 fully saturated rings. The van der Waals surface area contributed by atoms with Crippen molar-refractivity contribution in [2.75, 3.05) is 4.90 Å². The number of aromatic nitrogens is 6. The number of rotatable bonds is 11. The molecular weight excluding hydrogens is 1070 g/mol. The van der Waals surface area contributed by atoms with Gasteiger partial charge in [0.1, 0.15) is 5.75 Å². The first-order chi connectivity index (χ1) is 42.5. The molecule has 16 aromatic rings. The van der Waals surface area contributed by atoms with Crippen LogP contribution < -0.4 is 4.90 Å². The molecule has 9 nitrogen and oxygen atoms in total. The van der Waals surface area contributed by atoms with E-state index in [0.29, 0.717) is 28.7 Å². The van der Waals surface area contributed by atoms with Crippen molar-refractivity contribution in [2.24, 2.45) is 0 Å². The molecule has 0 saturated carbocycles. The largest absolute Gasteiger partial charge is 0.506 e. The molecule has 86 heavy (non-hydrogen) atoms. The third-order valence-corrected chi connectivity index (χ3v) is 17.3. The summed E-state index contributed by atoms with van der Waals surface area (Å²) in [5.41, 5.74) is 15.3. The Morgan fingerprint density at radius 1 is 0.349 bits per heavy atom. The number of anilines is 3. The van der Waals surface area contributed by atoms with Gasteiger partial charge in [0.25, 0.3) is 0 Å². The van der Waals surface area contributed by atoms with Crippen molar-refractivity contribution in [2.45, 2.75) is 9.79 Å². The van der Waals surface area contributed by atoms with Crippen molar-refractivity contribution in [3.05, 3.63) is 291 Å². The van der Waals surface area contributed by atoms with Gasteiger partial charge in [0.15, 0.2) is 17.5 Å². The van der Waals surface area contributed by atoms with Crippen molar-refractivity contribution in [1.29, 1.82) is 5.26 Å². The van der Waals surface area contributed by atoms with E-state index >= 15 is 0 Å². The Hall–Kier alpha value is -11.5. The van der Waals surface area contributed by atoms with Gasteiger partial charge < -0.3 is 23.7 Å². The lowest BCUT2D eigenvalue weighted by Crippen LogP contribution is -2.10. The molecule has 0 aliphatic heterocycles. The van der Waals surface area contributed by atoms with Crippen LogP contribution in [0.5, 0.6) is 5.75 Å². The Morgan fingerprint density at radius 2 is 0.698 bits per heavy atom. The van der Waals surface area contributed by atoms with Crippen LogP contribution in [0.25, 0.3) is 117 Å². The highest BCUT2D eigenvalue weighted by Crippen LogP contribution is 2.51. The zero-order valence-electron chi connectivity index (χ0n) is 46.1. The summed E-state index contributed by atoms with van der Waals surface area (Å²) in [6.45, 7) is 0. The van der Waals surface area contributed by atoms with Crippen LogP contribution in [0.15, 0.2) is 295 Å². The fourth-order valence-electron chi connectivity index (χ4n) is 12.5. The van der Waals surface area contributed by atoms with Gasteiger partial charge in [-0.3, -0.25) is 0 Å². The van der Waals surface area contributed by atoms with Crippen molar-refractivity contribution >= 4 is 94.2 Å². The first-order valence-corrected chi connectivity index (χ1v) is 29.3. The Morgan fingerprint density at radius 3 is 1.14 bits per heavy atom. The fourth-order valence-corrected chi connectivity index (χ4v) is 13.3. The summed E-state index contributed by atoms with van der Waals surface area (Å²) in [7, 11) is 0. The number of nitrogens with zero attached hydrogens (tertiary/aromatic N) is 8. The number of nitriles is 1. The van der Waals surface area contributed by atoms with Crippen molar-refractivity contribution in [1.82, 2.24) is 28.7 Å². The smallest absolute Gasteiger partial charge is 0.164 e. The molecule has 0 atom stereocenters. The maximum Gasteiger partial charge on any atom is 0.164 e. The molecule has 0 spiro atoms. The monoisotopic (exact) mass is 1120 g/mol. The third kappa shape index (κ3) is 8.36. The Kier molecular flexibility index (Phi) is 12.1. The first kappa shape index (κ1) is 50.2. The minimum Gasteiger partial charge on any atom is -0.506 e. The Bertz CT molecular complexity index is 5250. The molecule has 0 amide bonds. The molecular formula is C76H48N8OS. The number of hydrogen-bond donors (Lipinski definition) is 1.